The van der Waals surface area contributed by atoms with E-state index in [0.29, 0.717) is 27.7 Å². The number of H-pyrrole nitrogens is 1. The summed E-state index contributed by atoms with van der Waals surface area (Å²) in [5.41, 5.74) is 4.91. The molecule has 1 heterocycles. The van der Waals surface area contributed by atoms with Gasteiger partial charge in [-0.15, -0.1) is 0 Å². The molecule has 0 bridgehead atoms. The molecule has 0 aliphatic rings. The van der Waals surface area contributed by atoms with E-state index in [-0.39, 0.29) is 12.4 Å². The zero-order chi connectivity index (χ0) is 19.5. The van der Waals surface area contributed by atoms with E-state index >= 15 is 0 Å². The lowest BCUT2D eigenvalue weighted by atomic mass is 10.0. The zero-order valence-corrected chi connectivity index (χ0v) is 16.2. The van der Waals surface area contributed by atoms with Gasteiger partial charge in [0.1, 0.15) is 24.5 Å². The summed E-state index contributed by atoms with van der Waals surface area (Å²) in [6.45, 7) is 0.706. The van der Waals surface area contributed by atoms with Crippen molar-refractivity contribution in [3.8, 4) is 5.75 Å². The molecule has 0 amide bonds. The van der Waals surface area contributed by atoms with Crippen LogP contribution in [0, 0.1) is 10.6 Å². The number of hydrogen-bond donors (Lipinski definition) is 2. The Labute approximate surface area is 170 Å². The Morgan fingerprint density at radius 3 is 2.82 bits per heavy atom. The number of benzene rings is 3. The van der Waals surface area contributed by atoms with Crippen LogP contribution in [0.5, 0.6) is 5.75 Å². The smallest absolute Gasteiger partial charge is 0.214 e. The standard InChI is InChI=1S/C20H16ClFN4OS/c21-18-9-15(22)7-5-14(18)11-27-19-8-6-13-3-1-2-4-16(13)17(19)10-24-26-12-23-25-20(26)28/h1-9,12,24H,10-11H2,(H,25,28). The van der Waals surface area contributed by atoms with Crippen LogP contribution in [0.25, 0.3) is 10.8 Å². The van der Waals surface area contributed by atoms with Crippen molar-refractivity contribution in [1.82, 2.24) is 14.9 Å². The van der Waals surface area contributed by atoms with Crippen molar-refractivity contribution in [2.75, 3.05) is 5.43 Å². The van der Waals surface area contributed by atoms with Crippen molar-refractivity contribution in [2.24, 2.45) is 0 Å². The molecular formula is C20H16ClFN4OS. The highest BCUT2D eigenvalue weighted by atomic mass is 35.5. The first kappa shape index (κ1) is 18.5. The first-order chi connectivity index (χ1) is 13.6. The third-order valence-electron chi connectivity index (χ3n) is 4.37. The molecule has 0 aliphatic heterocycles. The molecule has 0 spiro atoms. The van der Waals surface area contributed by atoms with Gasteiger partial charge in [-0.1, -0.05) is 48.0 Å². The predicted octanol–water partition coefficient (Wildman–Crippen LogP) is 5.21. The lowest BCUT2D eigenvalue weighted by molar-refractivity contribution is 0.303. The number of nitrogens with zero attached hydrogens (tertiary/aromatic N) is 2. The second kappa shape index (κ2) is 8.00. The third kappa shape index (κ3) is 3.85. The fourth-order valence-electron chi connectivity index (χ4n) is 2.95. The SMILES string of the molecule is Fc1ccc(COc2ccc3ccccc3c2CNn2cn[nH]c2=S)c(Cl)c1. The fraction of sp³-hybridized carbons (Fsp3) is 0.100. The van der Waals surface area contributed by atoms with E-state index in [1.165, 1.54) is 12.1 Å². The number of ether oxygens (including phenoxy) is 1. The van der Waals surface area contributed by atoms with Gasteiger partial charge in [-0.3, -0.25) is 5.10 Å². The van der Waals surface area contributed by atoms with Gasteiger partial charge in [0.15, 0.2) is 0 Å². The molecule has 0 radical (unpaired) electrons. The first-order valence-electron chi connectivity index (χ1n) is 8.55. The maximum atomic E-state index is 13.3. The van der Waals surface area contributed by atoms with Crippen LogP contribution in [-0.4, -0.2) is 14.9 Å². The molecule has 3 aromatic carbocycles. The lowest BCUT2D eigenvalue weighted by Crippen LogP contribution is -2.14. The van der Waals surface area contributed by atoms with Crippen molar-refractivity contribution in [1.29, 1.82) is 0 Å². The van der Waals surface area contributed by atoms with Gasteiger partial charge in [0, 0.05) is 11.1 Å². The van der Waals surface area contributed by atoms with E-state index in [9.17, 15) is 4.39 Å². The second-order valence-electron chi connectivity index (χ2n) is 6.15. The molecule has 2 N–H and O–H groups in total. The van der Waals surface area contributed by atoms with E-state index in [1.54, 1.807) is 17.1 Å². The Balaban J connectivity index is 1.64. The largest absolute Gasteiger partial charge is 0.488 e. The zero-order valence-electron chi connectivity index (χ0n) is 14.7. The van der Waals surface area contributed by atoms with E-state index in [1.807, 2.05) is 36.4 Å². The van der Waals surface area contributed by atoms with Gasteiger partial charge in [-0.2, -0.15) is 5.10 Å². The number of rotatable bonds is 6. The van der Waals surface area contributed by atoms with E-state index in [0.717, 1.165) is 16.3 Å². The van der Waals surface area contributed by atoms with Crippen molar-refractivity contribution < 1.29 is 9.13 Å². The summed E-state index contributed by atoms with van der Waals surface area (Å²) in [7, 11) is 0. The van der Waals surface area contributed by atoms with Crippen molar-refractivity contribution in [3.63, 3.8) is 0 Å². The monoisotopic (exact) mass is 414 g/mol. The minimum absolute atomic E-state index is 0.232. The van der Waals surface area contributed by atoms with Gasteiger partial charge >= 0.3 is 0 Å². The molecule has 4 rings (SSSR count). The Kier molecular flexibility index (Phi) is 5.27. The highest BCUT2D eigenvalue weighted by Crippen LogP contribution is 2.29. The third-order valence-corrected chi connectivity index (χ3v) is 5.01. The van der Waals surface area contributed by atoms with E-state index in [2.05, 4.69) is 15.6 Å². The van der Waals surface area contributed by atoms with Crippen LogP contribution >= 0.6 is 23.8 Å². The number of hydrogen-bond acceptors (Lipinski definition) is 4. The normalized spacial score (nSPS) is 10.9. The number of nitrogens with one attached hydrogen (secondary N) is 2. The molecule has 0 fully saturated rings. The molecular weight excluding hydrogens is 399 g/mol. The maximum absolute atomic E-state index is 13.3. The Hall–Kier alpha value is -2.90. The topological polar surface area (TPSA) is 54.9 Å². The van der Waals surface area contributed by atoms with Crippen LogP contribution in [0.4, 0.5) is 4.39 Å². The van der Waals surface area contributed by atoms with Crippen molar-refractivity contribution in [3.05, 3.63) is 87.7 Å². The van der Waals surface area contributed by atoms with Crippen molar-refractivity contribution in [2.45, 2.75) is 13.2 Å². The second-order valence-corrected chi connectivity index (χ2v) is 6.95. The molecule has 142 valence electrons. The molecule has 0 saturated heterocycles. The minimum atomic E-state index is -0.374. The molecule has 8 heteroatoms. The molecule has 5 nitrogen and oxygen atoms in total. The molecule has 0 saturated carbocycles. The van der Waals surface area contributed by atoms with E-state index < -0.39 is 0 Å². The van der Waals surface area contributed by atoms with Gasteiger partial charge < -0.3 is 10.2 Å². The summed E-state index contributed by atoms with van der Waals surface area (Å²) in [4.78, 5) is 0. The highest BCUT2D eigenvalue weighted by Gasteiger charge is 2.11. The van der Waals surface area contributed by atoms with Crippen LogP contribution in [0.1, 0.15) is 11.1 Å². The van der Waals surface area contributed by atoms with Crippen LogP contribution in [0.3, 0.4) is 0 Å². The Morgan fingerprint density at radius 2 is 2.04 bits per heavy atom. The number of aromatic amines is 1. The molecule has 28 heavy (non-hydrogen) atoms. The van der Waals surface area contributed by atoms with Gasteiger partial charge in [0.05, 0.1) is 11.6 Å². The predicted molar refractivity (Wildman–Crippen MR) is 110 cm³/mol. The molecule has 0 unspecified atom stereocenters. The van der Waals surface area contributed by atoms with Gasteiger partial charge in [-0.05, 0) is 41.2 Å². The van der Waals surface area contributed by atoms with Crippen LogP contribution in [-0.2, 0) is 13.2 Å². The van der Waals surface area contributed by atoms with Crippen LogP contribution in [0.2, 0.25) is 5.02 Å². The molecule has 0 aliphatic carbocycles. The van der Waals surface area contributed by atoms with Gasteiger partial charge in [-0.25, -0.2) is 9.07 Å². The summed E-state index contributed by atoms with van der Waals surface area (Å²) < 4.78 is 21.4. The van der Waals surface area contributed by atoms with Crippen LogP contribution in [0.15, 0.2) is 60.9 Å². The number of halogens is 2. The molecule has 0 atom stereocenters. The number of aromatic nitrogens is 3. The summed E-state index contributed by atoms with van der Waals surface area (Å²) in [5, 5.41) is 9.11. The molecule has 4 aromatic rings. The Bertz CT molecular complexity index is 1190. The summed E-state index contributed by atoms with van der Waals surface area (Å²) in [6, 6.07) is 16.3. The Morgan fingerprint density at radius 1 is 1.18 bits per heavy atom. The lowest BCUT2D eigenvalue weighted by Gasteiger charge is -2.16. The fourth-order valence-corrected chi connectivity index (χ4v) is 3.34. The van der Waals surface area contributed by atoms with Gasteiger partial charge in [0.2, 0.25) is 4.77 Å². The van der Waals surface area contributed by atoms with E-state index in [4.69, 9.17) is 28.6 Å². The summed E-state index contributed by atoms with van der Waals surface area (Å²) >= 11 is 11.3. The van der Waals surface area contributed by atoms with Crippen molar-refractivity contribution >= 4 is 34.6 Å². The average molecular weight is 415 g/mol. The first-order valence-corrected chi connectivity index (χ1v) is 9.34. The van der Waals surface area contributed by atoms with Gasteiger partial charge in [0.25, 0.3) is 0 Å². The molecule has 1 aromatic heterocycles. The average Bonchev–Trinajstić information content (AvgIpc) is 3.10. The number of fused-ring (bicyclic) bond motifs is 1. The quantitative estimate of drug-likeness (QED) is 0.425. The summed E-state index contributed by atoms with van der Waals surface area (Å²) in [6.07, 6.45) is 1.58. The minimum Gasteiger partial charge on any atom is -0.488 e. The maximum Gasteiger partial charge on any atom is 0.214 e. The highest BCUT2D eigenvalue weighted by molar-refractivity contribution is 7.71. The summed E-state index contributed by atoms with van der Waals surface area (Å²) in [5.74, 6) is 0.336. The van der Waals surface area contributed by atoms with Crippen LogP contribution < -0.4 is 10.2 Å².